The molecule has 38 valence electrons. The van der Waals surface area contributed by atoms with Crippen LogP contribution in [0, 0.1) is 0 Å². The van der Waals surface area contributed by atoms with Crippen molar-refractivity contribution < 1.29 is 16.2 Å². The number of hydrogen-bond acceptors (Lipinski definition) is 1. The van der Waals surface area contributed by atoms with Gasteiger partial charge in [-0.3, -0.25) is 0 Å². The minimum atomic E-state index is -0.965. The molecule has 0 atom stereocenters. The molecule has 0 heterocycles. The molecule has 0 fully saturated rings. The van der Waals surface area contributed by atoms with Gasteiger partial charge in [-0.25, -0.2) is 0 Å². The van der Waals surface area contributed by atoms with Crippen molar-refractivity contribution in [2.75, 3.05) is 0 Å². The zero-order valence-electron chi connectivity index (χ0n) is 4.38. The summed E-state index contributed by atoms with van der Waals surface area (Å²) in [5.74, 6) is 0. The molecule has 0 aromatic carbocycles. The van der Waals surface area contributed by atoms with E-state index in [-0.39, 0.29) is 0 Å². The van der Waals surface area contributed by atoms with E-state index < -0.39 is 8.24 Å². The Morgan fingerprint density at radius 2 is 1.50 bits per heavy atom. The molecule has 1 nitrogen and oxygen atoms in total. The number of nitrogens with one attached hydrogen (secondary N) is 1. The third kappa shape index (κ3) is 4.70. The first-order chi connectivity index (χ1) is 2.56. The van der Waals surface area contributed by atoms with Crippen LogP contribution in [0.4, 0.5) is 0 Å². The molecule has 0 amide bonds. The van der Waals surface area contributed by atoms with Gasteiger partial charge in [0, 0.05) is 0 Å². The molecule has 1 N–H and O–H groups in total. The van der Waals surface area contributed by atoms with Crippen LogP contribution in [-0.2, 0) is 16.2 Å². The second-order valence-corrected chi connectivity index (χ2v) is 7.92. The third-order valence-electron chi connectivity index (χ3n) is 0.283. The van der Waals surface area contributed by atoms with E-state index >= 15 is 0 Å². The van der Waals surface area contributed by atoms with Gasteiger partial charge >= 0.3 is 48.1 Å². The third-order valence-corrected chi connectivity index (χ3v) is 3.51. The molecule has 0 bridgehead atoms. The van der Waals surface area contributed by atoms with Crippen LogP contribution in [0.25, 0.3) is 0 Å². The molecule has 0 unspecified atom stereocenters. The Kier molecular flexibility index (Phi) is 2.37. The second kappa shape index (κ2) is 2.12. The van der Waals surface area contributed by atoms with Gasteiger partial charge in [0.2, 0.25) is 0 Å². The van der Waals surface area contributed by atoms with E-state index in [1.54, 1.807) is 0 Å². The van der Waals surface area contributed by atoms with Gasteiger partial charge < -0.3 is 0 Å². The molecule has 0 saturated carbocycles. The van der Waals surface area contributed by atoms with Gasteiger partial charge in [0.15, 0.2) is 0 Å². The molecule has 0 aliphatic heterocycles. The molecule has 0 rings (SSSR count). The van der Waals surface area contributed by atoms with Crippen molar-refractivity contribution in [3.63, 3.8) is 0 Å². The monoisotopic (exact) mass is 143 g/mol. The van der Waals surface area contributed by atoms with E-state index in [2.05, 4.69) is 39.9 Å². The van der Waals surface area contributed by atoms with Crippen molar-refractivity contribution in [1.82, 2.24) is 4.00 Å². The van der Waals surface area contributed by atoms with E-state index in [0.29, 0.717) is 0 Å². The predicted molar refractivity (Wildman–Crippen MR) is 26.5 cm³/mol. The fourth-order valence-electron chi connectivity index (χ4n) is 0. The van der Waals surface area contributed by atoms with Crippen LogP contribution in [0.15, 0.2) is 0 Å². The van der Waals surface area contributed by atoms with Crippen LogP contribution in [0.3, 0.4) is 0 Å². The Morgan fingerprint density at radius 3 is 1.50 bits per heavy atom. The van der Waals surface area contributed by atoms with E-state index in [0.717, 1.165) is 0 Å². The summed E-state index contributed by atoms with van der Waals surface area (Å²) in [6.07, 6.45) is 0. The van der Waals surface area contributed by atoms with Gasteiger partial charge in [-0.05, 0) is 0 Å². The number of hydrogen-bond donors (Lipinski definition) is 1. The maximum absolute atomic E-state index is 3.18. The van der Waals surface area contributed by atoms with Crippen molar-refractivity contribution >= 4 is 8.24 Å². The van der Waals surface area contributed by atoms with Crippen LogP contribution >= 0.6 is 0 Å². The summed E-state index contributed by atoms with van der Waals surface area (Å²) in [4.78, 5) is 0. The molecule has 0 spiro atoms. The topological polar surface area (TPSA) is 12.0 Å². The molecule has 0 radical (unpaired) electrons. The molecular formula is C3H10MnNSi. The molecule has 0 aliphatic rings. The normalized spacial score (nSPS) is 12.0. The van der Waals surface area contributed by atoms with Gasteiger partial charge in [0.25, 0.3) is 0 Å². The summed E-state index contributed by atoms with van der Waals surface area (Å²) >= 11 is 3.18. The molecule has 6 heavy (non-hydrogen) atoms. The SMILES string of the molecule is C[Si](C)(C)[NH][Mn]. The predicted octanol–water partition coefficient (Wildman–Crippen LogP) is 0.873. The van der Waals surface area contributed by atoms with Crippen LogP contribution in [0.1, 0.15) is 0 Å². The molecule has 3 heteroatoms. The number of rotatable bonds is 1. The van der Waals surface area contributed by atoms with Gasteiger partial charge in [-0.1, -0.05) is 0 Å². The molecule has 0 aromatic heterocycles. The van der Waals surface area contributed by atoms with Gasteiger partial charge in [0.05, 0.1) is 0 Å². The maximum atomic E-state index is 3.18. The van der Waals surface area contributed by atoms with E-state index in [4.69, 9.17) is 0 Å². The first-order valence-corrected chi connectivity index (χ1v) is 6.03. The zero-order chi connectivity index (χ0) is 5.21. The first-order valence-electron chi connectivity index (χ1n) is 1.94. The van der Waals surface area contributed by atoms with E-state index in [1.165, 1.54) is 0 Å². The Balaban J connectivity index is 3.17. The van der Waals surface area contributed by atoms with Crippen LogP contribution in [0.5, 0.6) is 0 Å². The van der Waals surface area contributed by atoms with Crippen molar-refractivity contribution in [1.29, 1.82) is 0 Å². The molecule has 0 saturated heterocycles. The van der Waals surface area contributed by atoms with E-state index in [9.17, 15) is 0 Å². The second-order valence-electron chi connectivity index (χ2n) is 2.34. The molecule has 0 aliphatic carbocycles. The first kappa shape index (κ1) is 6.70. The van der Waals surface area contributed by atoms with Gasteiger partial charge in [-0.15, -0.1) is 0 Å². The summed E-state index contributed by atoms with van der Waals surface area (Å²) < 4.78 is 3.06. The summed E-state index contributed by atoms with van der Waals surface area (Å²) in [7, 11) is -0.965. The Bertz CT molecular complexity index is 40.5. The van der Waals surface area contributed by atoms with Crippen LogP contribution in [-0.4, -0.2) is 8.24 Å². The fourth-order valence-corrected chi connectivity index (χ4v) is 0. The summed E-state index contributed by atoms with van der Waals surface area (Å²) in [6.45, 7) is 6.67. The van der Waals surface area contributed by atoms with Crippen molar-refractivity contribution in [3.8, 4) is 0 Å². The van der Waals surface area contributed by atoms with Gasteiger partial charge in [-0.2, -0.15) is 0 Å². The quantitative estimate of drug-likeness (QED) is 0.537. The van der Waals surface area contributed by atoms with Crippen LogP contribution in [0.2, 0.25) is 19.6 Å². The van der Waals surface area contributed by atoms with Crippen molar-refractivity contribution in [2.45, 2.75) is 19.6 Å². The van der Waals surface area contributed by atoms with Crippen LogP contribution < -0.4 is 4.00 Å². The Hall–Kier alpha value is 0.696. The molecule has 0 aromatic rings. The standard InChI is InChI=1S/C3H10NSi.Mn/c1-5(2,3)4;/h4H,1-3H3;/q-1;+1. The van der Waals surface area contributed by atoms with Gasteiger partial charge in [0.1, 0.15) is 0 Å². The summed E-state index contributed by atoms with van der Waals surface area (Å²) in [6, 6.07) is 0. The minimum absolute atomic E-state index is 0.965. The zero-order valence-corrected chi connectivity index (χ0v) is 6.56. The van der Waals surface area contributed by atoms with Crippen molar-refractivity contribution in [2.24, 2.45) is 0 Å². The Labute approximate surface area is 48.6 Å². The average molecular weight is 143 g/mol. The summed E-state index contributed by atoms with van der Waals surface area (Å²) in [5.41, 5.74) is 0. The van der Waals surface area contributed by atoms with E-state index in [1.807, 2.05) is 0 Å². The summed E-state index contributed by atoms with van der Waals surface area (Å²) in [5, 5.41) is 0. The van der Waals surface area contributed by atoms with Crippen molar-refractivity contribution in [3.05, 3.63) is 0 Å². The average Bonchev–Trinajstić information content (AvgIpc) is 1.35. The Morgan fingerprint density at radius 1 is 1.33 bits per heavy atom. The fraction of sp³-hybridized carbons (Fsp3) is 1.00. The molecular weight excluding hydrogens is 133 g/mol.